The number of nitrogens with zero attached hydrogens (tertiary/aromatic N) is 3. The van der Waals surface area contributed by atoms with E-state index >= 15 is 0 Å². The van der Waals surface area contributed by atoms with Gasteiger partial charge < -0.3 is 10.0 Å². The van der Waals surface area contributed by atoms with E-state index in [1.54, 1.807) is 13.0 Å². The third-order valence-electron chi connectivity index (χ3n) is 2.72. The van der Waals surface area contributed by atoms with Crippen LogP contribution in [0.4, 0.5) is 13.2 Å². The highest BCUT2D eigenvalue weighted by atomic mass is 19.4. The van der Waals surface area contributed by atoms with E-state index in [1.165, 1.54) is 25.1 Å². The smallest absolute Gasteiger partial charge is 0.401 e. The van der Waals surface area contributed by atoms with E-state index in [-0.39, 0.29) is 18.0 Å². The van der Waals surface area contributed by atoms with Crippen LogP contribution in [-0.4, -0.2) is 59.2 Å². The maximum Gasteiger partial charge on any atom is 0.401 e. The van der Waals surface area contributed by atoms with Crippen LogP contribution in [0.2, 0.25) is 0 Å². The Morgan fingerprint density at radius 1 is 1.33 bits per heavy atom. The molecule has 0 fully saturated rings. The third kappa shape index (κ3) is 5.99. The lowest BCUT2D eigenvalue weighted by atomic mass is 10.2. The van der Waals surface area contributed by atoms with Crippen LogP contribution in [0.15, 0.2) is 12.1 Å². The lowest BCUT2D eigenvalue weighted by Gasteiger charge is -2.24. The van der Waals surface area contributed by atoms with Gasteiger partial charge in [0, 0.05) is 26.3 Å². The van der Waals surface area contributed by atoms with Crippen LogP contribution in [0.5, 0.6) is 5.75 Å². The maximum absolute atomic E-state index is 12.6. The number of likely N-dealkylation sites (N-methyl/N-ethyl adjacent to an activating group) is 1. The van der Waals surface area contributed by atoms with Gasteiger partial charge in [-0.1, -0.05) is 0 Å². The van der Waals surface area contributed by atoms with Gasteiger partial charge in [0.1, 0.15) is 5.75 Å². The molecule has 5 nitrogen and oxygen atoms in total. The summed E-state index contributed by atoms with van der Waals surface area (Å²) in [5, 5.41) is 9.66. The first-order chi connectivity index (χ1) is 9.58. The molecule has 118 valence electrons. The number of aryl methyl sites for hydroxylation is 1. The molecule has 1 amide bonds. The van der Waals surface area contributed by atoms with Gasteiger partial charge in [0.05, 0.1) is 18.8 Å². The molecule has 0 saturated heterocycles. The fourth-order valence-corrected chi connectivity index (χ4v) is 1.69. The fraction of sp³-hybridized carbons (Fsp3) is 0.538. The Balaban J connectivity index is 2.90. The zero-order chi connectivity index (χ0) is 16.2. The minimum Gasteiger partial charge on any atom is -0.506 e. The molecule has 0 radical (unpaired) electrons. The summed E-state index contributed by atoms with van der Waals surface area (Å²) in [4.78, 5) is 17.7. The van der Waals surface area contributed by atoms with E-state index in [9.17, 15) is 23.1 Å². The lowest BCUT2D eigenvalue weighted by molar-refractivity contribution is -0.152. The molecule has 0 unspecified atom stereocenters. The second-order valence-corrected chi connectivity index (χ2v) is 4.97. The first-order valence-corrected chi connectivity index (χ1v) is 6.23. The molecule has 0 aliphatic heterocycles. The van der Waals surface area contributed by atoms with Crippen LogP contribution >= 0.6 is 0 Å². The molecule has 0 aliphatic rings. The van der Waals surface area contributed by atoms with Crippen molar-refractivity contribution in [3.63, 3.8) is 0 Å². The topological polar surface area (TPSA) is 56.7 Å². The summed E-state index contributed by atoms with van der Waals surface area (Å²) >= 11 is 0. The van der Waals surface area contributed by atoms with Crippen LogP contribution in [0, 0.1) is 6.92 Å². The number of amides is 1. The van der Waals surface area contributed by atoms with Gasteiger partial charge in [0.25, 0.3) is 0 Å². The molecule has 0 aliphatic carbocycles. The van der Waals surface area contributed by atoms with Crippen molar-refractivity contribution < 1.29 is 23.1 Å². The molecule has 0 spiro atoms. The first kappa shape index (κ1) is 17.2. The highest BCUT2D eigenvalue weighted by molar-refractivity contribution is 5.77. The van der Waals surface area contributed by atoms with Gasteiger partial charge in [-0.2, -0.15) is 13.2 Å². The van der Waals surface area contributed by atoms with Gasteiger partial charge in [0.2, 0.25) is 5.91 Å². The van der Waals surface area contributed by atoms with Gasteiger partial charge in [0.15, 0.2) is 0 Å². The Morgan fingerprint density at radius 3 is 2.48 bits per heavy atom. The van der Waals surface area contributed by atoms with Crippen molar-refractivity contribution in [2.75, 3.05) is 27.2 Å². The minimum atomic E-state index is -4.44. The Hall–Kier alpha value is -1.83. The number of aromatic hydroxyl groups is 1. The quantitative estimate of drug-likeness (QED) is 0.897. The average molecular weight is 305 g/mol. The van der Waals surface area contributed by atoms with Crippen molar-refractivity contribution in [3.8, 4) is 5.75 Å². The summed E-state index contributed by atoms with van der Waals surface area (Å²) in [5.41, 5.74) is 0.694. The molecule has 8 heteroatoms. The monoisotopic (exact) mass is 305 g/mol. The predicted octanol–water partition coefficient (Wildman–Crippen LogP) is 1.55. The molecule has 0 atom stereocenters. The number of alkyl halides is 3. The molecule has 0 saturated carbocycles. The van der Waals surface area contributed by atoms with E-state index in [0.29, 0.717) is 5.69 Å². The Labute approximate surface area is 121 Å². The Morgan fingerprint density at radius 2 is 1.95 bits per heavy atom. The molecule has 1 rings (SSSR count). The standard InChI is InChI=1S/C13H18F3N3O2/c1-9-4-5-11(20)10(17-9)6-19(8-13(14,15)16)7-12(21)18(2)3/h4-5,20H,6-8H2,1-3H3. The fourth-order valence-electron chi connectivity index (χ4n) is 1.69. The van der Waals surface area contributed by atoms with Crippen molar-refractivity contribution in [1.29, 1.82) is 0 Å². The van der Waals surface area contributed by atoms with Crippen LogP contribution < -0.4 is 0 Å². The van der Waals surface area contributed by atoms with Crippen LogP contribution in [0.3, 0.4) is 0 Å². The van der Waals surface area contributed by atoms with Gasteiger partial charge >= 0.3 is 6.18 Å². The highest BCUT2D eigenvalue weighted by Crippen LogP contribution is 2.21. The van der Waals surface area contributed by atoms with E-state index in [4.69, 9.17) is 0 Å². The number of aromatic nitrogens is 1. The van der Waals surface area contributed by atoms with Crippen molar-refractivity contribution in [2.24, 2.45) is 0 Å². The van der Waals surface area contributed by atoms with Gasteiger partial charge in [-0.25, -0.2) is 0 Å². The SMILES string of the molecule is Cc1ccc(O)c(CN(CC(=O)N(C)C)CC(F)(F)F)n1. The van der Waals surface area contributed by atoms with Crippen molar-refractivity contribution >= 4 is 5.91 Å². The van der Waals surface area contributed by atoms with Crippen LogP contribution in [0.1, 0.15) is 11.4 Å². The summed E-state index contributed by atoms with van der Waals surface area (Å²) in [5.74, 6) is -0.642. The number of hydrogen-bond acceptors (Lipinski definition) is 4. The normalized spacial score (nSPS) is 11.8. The zero-order valence-corrected chi connectivity index (χ0v) is 12.1. The van der Waals surface area contributed by atoms with E-state index in [1.807, 2.05) is 0 Å². The van der Waals surface area contributed by atoms with E-state index in [0.717, 1.165) is 4.90 Å². The second kappa shape index (κ2) is 6.75. The molecular formula is C13H18F3N3O2. The average Bonchev–Trinajstić information content (AvgIpc) is 2.31. The number of hydrogen-bond donors (Lipinski definition) is 1. The van der Waals surface area contributed by atoms with Crippen LogP contribution in [0.25, 0.3) is 0 Å². The zero-order valence-electron chi connectivity index (χ0n) is 12.1. The second-order valence-electron chi connectivity index (χ2n) is 4.97. The summed E-state index contributed by atoms with van der Waals surface area (Å²) in [7, 11) is 2.94. The first-order valence-electron chi connectivity index (χ1n) is 6.23. The third-order valence-corrected chi connectivity index (χ3v) is 2.72. The molecule has 1 heterocycles. The summed E-state index contributed by atoms with van der Waals surface area (Å²) in [6.07, 6.45) is -4.44. The van der Waals surface area contributed by atoms with Gasteiger partial charge in [-0.05, 0) is 19.1 Å². The molecule has 1 aromatic rings. The Kier molecular flexibility index (Phi) is 5.54. The van der Waals surface area contributed by atoms with E-state index < -0.39 is 25.2 Å². The summed E-state index contributed by atoms with van der Waals surface area (Å²) in [6, 6.07) is 2.93. The van der Waals surface area contributed by atoms with Crippen molar-refractivity contribution in [3.05, 3.63) is 23.5 Å². The number of carbonyl (C=O) groups is 1. The molecule has 0 aromatic carbocycles. The molecule has 1 N–H and O–H groups in total. The summed E-state index contributed by atoms with van der Waals surface area (Å²) in [6.45, 7) is -0.238. The van der Waals surface area contributed by atoms with Crippen molar-refractivity contribution in [1.82, 2.24) is 14.8 Å². The minimum absolute atomic E-state index is 0.116. The predicted molar refractivity (Wildman–Crippen MR) is 70.7 cm³/mol. The lowest BCUT2D eigenvalue weighted by Crippen LogP contribution is -2.41. The maximum atomic E-state index is 12.6. The number of halogens is 3. The van der Waals surface area contributed by atoms with Crippen LogP contribution in [-0.2, 0) is 11.3 Å². The molecule has 1 aromatic heterocycles. The summed E-state index contributed by atoms with van der Waals surface area (Å²) < 4.78 is 37.8. The highest BCUT2D eigenvalue weighted by Gasteiger charge is 2.32. The van der Waals surface area contributed by atoms with Gasteiger partial charge in [-0.15, -0.1) is 0 Å². The largest absolute Gasteiger partial charge is 0.506 e. The van der Waals surface area contributed by atoms with E-state index in [2.05, 4.69) is 4.98 Å². The Bertz CT molecular complexity index is 504. The number of rotatable bonds is 5. The van der Waals surface area contributed by atoms with Crippen molar-refractivity contribution in [2.45, 2.75) is 19.6 Å². The number of pyridine rings is 1. The molecule has 21 heavy (non-hydrogen) atoms. The molecular weight excluding hydrogens is 287 g/mol. The number of carbonyl (C=O) groups excluding carboxylic acids is 1. The van der Waals surface area contributed by atoms with Gasteiger partial charge in [-0.3, -0.25) is 14.7 Å². The molecule has 0 bridgehead atoms.